The number of nitrogens with one attached hydrogen (secondary N) is 2. The van der Waals surface area contributed by atoms with Gasteiger partial charge in [-0.25, -0.2) is 0 Å². The van der Waals surface area contributed by atoms with Crippen LogP contribution in [0.3, 0.4) is 0 Å². The number of anilines is 1. The fourth-order valence-electron chi connectivity index (χ4n) is 2.18. The molecule has 1 unspecified atom stereocenters. The molecule has 1 aromatic carbocycles. The molecule has 1 aromatic heterocycles. The highest BCUT2D eigenvalue weighted by Gasteiger charge is 2.10. The lowest BCUT2D eigenvalue weighted by atomic mass is 10.1. The first-order valence-electron chi connectivity index (χ1n) is 7.08. The fourth-order valence-corrected chi connectivity index (χ4v) is 2.18. The first kappa shape index (κ1) is 15.2. The Balaban J connectivity index is 1.91. The molecule has 4 nitrogen and oxygen atoms in total. The minimum absolute atomic E-state index is 0.0370. The molecule has 2 aromatic rings. The number of aromatic nitrogens is 1. The molecular formula is C17H21N3O. The second kappa shape index (κ2) is 6.99. The van der Waals surface area contributed by atoms with Gasteiger partial charge in [0.05, 0.1) is 12.2 Å². The molecule has 0 aliphatic rings. The predicted octanol–water partition coefficient (Wildman–Crippen LogP) is 2.99. The van der Waals surface area contributed by atoms with Gasteiger partial charge in [-0.05, 0) is 44.0 Å². The SMILES string of the molecule is Cc1cccc(C)c1NC(=O)CNC(C)c1ccccn1. The smallest absolute Gasteiger partial charge is 0.238 e. The Hall–Kier alpha value is -2.20. The highest BCUT2D eigenvalue weighted by molar-refractivity contribution is 5.93. The maximum absolute atomic E-state index is 12.1. The van der Waals surface area contributed by atoms with Crippen LogP contribution in [-0.4, -0.2) is 17.4 Å². The minimum Gasteiger partial charge on any atom is -0.324 e. The third-order valence-electron chi connectivity index (χ3n) is 3.45. The molecule has 21 heavy (non-hydrogen) atoms. The van der Waals surface area contributed by atoms with Gasteiger partial charge in [-0.2, -0.15) is 0 Å². The van der Waals surface area contributed by atoms with E-state index in [4.69, 9.17) is 0 Å². The summed E-state index contributed by atoms with van der Waals surface area (Å²) in [5.41, 5.74) is 3.97. The van der Waals surface area contributed by atoms with Gasteiger partial charge in [-0.1, -0.05) is 24.3 Å². The number of hydrogen-bond acceptors (Lipinski definition) is 3. The van der Waals surface area contributed by atoms with Crippen LogP contribution >= 0.6 is 0 Å². The number of amides is 1. The standard InChI is InChI=1S/C17H21N3O/c1-12-7-6-8-13(2)17(12)20-16(21)11-19-14(3)15-9-4-5-10-18-15/h4-10,14,19H,11H2,1-3H3,(H,20,21). The van der Waals surface area contributed by atoms with Crippen LogP contribution in [0.25, 0.3) is 0 Å². The second-order valence-electron chi connectivity index (χ2n) is 5.17. The number of hydrogen-bond donors (Lipinski definition) is 2. The van der Waals surface area contributed by atoms with Crippen molar-refractivity contribution in [3.63, 3.8) is 0 Å². The Morgan fingerprint density at radius 3 is 2.48 bits per heavy atom. The average molecular weight is 283 g/mol. The Labute approximate surface area is 125 Å². The van der Waals surface area contributed by atoms with Crippen molar-refractivity contribution in [3.05, 3.63) is 59.4 Å². The Morgan fingerprint density at radius 2 is 1.86 bits per heavy atom. The van der Waals surface area contributed by atoms with E-state index in [1.165, 1.54) is 0 Å². The molecule has 2 rings (SSSR count). The monoisotopic (exact) mass is 283 g/mol. The van der Waals surface area contributed by atoms with E-state index in [0.717, 1.165) is 22.5 Å². The van der Waals surface area contributed by atoms with Gasteiger partial charge < -0.3 is 10.6 Å². The Bertz CT molecular complexity index is 590. The van der Waals surface area contributed by atoms with Crippen LogP contribution in [0.4, 0.5) is 5.69 Å². The van der Waals surface area contributed by atoms with Crippen molar-refractivity contribution in [2.24, 2.45) is 0 Å². The predicted molar refractivity (Wildman–Crippen MR) is 85.2 cm³/mol. The van der Waals surface area contributed by atoms with Gasteiger partial charge in [0.1, 0.15) is 0 Å². The number of pyridine rings is 1. The Kier molecular flexibility index (Phi) is 5.06. The Morgan fingerprint density at radius 1 is 1.14 bits per heavy atom. The van der Waals surface area contributed by atoms with E-state index in [1.807, 2.05) is 57.2 Å². The number of benzene rings is 1. The highest BCUT2D eigenvalue weighted by atomic mass is 16.1. The van der Waals surface area contributed by atoms with Gasteiger partial charge in [-0.15, -0.1) is 0 Å². The molecule has 0 bridgehead atoms. The van der Waals surface area contributed by atoms with Crippen LogP contribution in [-0.2, 0) is 4.79 Å². The normalized spacial score (nSPS) is 12.0. The lowest BCUT2D eigenvalue weighted by molar-refractivity contribution is -0.115. The summed E-state index contributed by atoms with van der Waals surface area (Å²) in [5, 5.41) is 6.15. The molecule has 1 heterocycles. The molecule has 0 radical (unpaired) electrons. The topological polar surface area (TPSA) is 54.0 Å². The van der Waals surface area contributed by atoms with Crippen molar-refractivity contribution in [2.75, 3.05) is 11.9 Å². The number of rotatable bonds is 5. The third-order valence-corrected chi connectivity index (χ3v) is 3.45. The van der Waals surface area contributed by atoms with E-state index < -0.39 is 0 Å². The van der Waals surface area contributed by atoms with Crippen LogP contribution < -0.4 is 10.6 Å². The summed E-state index contributed by atoms with van der Waals surface area (Å²) < 4.78 is 0. The first-order chi connectivity index (χ1) is 10.1. The zero-order valence-corrected chi connectivity index (χ0v) is 12.7. The summed E-state index contributed by atoms with van der Waals surface area (Å²) in [6.45, 7) is 6.24. The molecule has 0 aliphatic carbocycles. The van der Waals surface area contributed by atoms with Crippen molar-refractivity contribution in [1.82, 2.24) is 10.3 Å². The number of carbonyl (C=O) groups excluding carboxylic acids is 1. The second-order valence-corrected chi connectivity index (χ2v) is 5.17. The van der Waals surface area contributed by atoms with E-state index in [1.54, 1.807) is 6.20 Å². The van der Waals surface area contributed by atoms with Crippen LogP contribution in [0, 0.1) is 13.8 Å². The quantitative estimate of drug-likeness (QED) is 0.887. The van der Waals surface area contributed by atoms with Gasteiger partial charge in [0, 0.05) is 17.9 Å². The van der Waals surface area contributed by atoms with Crippen LogP contribution in [0.5, 0.6) is 0 Å². The zero-order chi connectivity index (χ0) is 15.2. The summed E-state index contributed by atoms with van der Waals surface area (Å²) in [6, 6.07) is 11.8. The van der Waals surface area contributed by atoms with E-state index in [-0.39, 0.29) is 18.5 Å². The molecule has 2 N–H and O–H groups in total. The number of para-hydroxylation sites is 1. The van der Waals surface area contributed by atoms with Crippen molar-refractivity contribution >= 4 is 11.6 Å². The summed E-state index contributed by atoms with van der Waals surface area (Å²) in [4.78, 5) is 16.3. The van der Waals surface area contributed by atoms with Gasteiger partial charge >= 0.3 is 0 Å². The molecule has 0 saturated heterocycles. The first-order valence-corrected chi connectivity index (χ1v) is 7.08. The number of carbonyl (C=O) groups is 1. The molecule has 0 fully saturated rings. The molecule has 1 amide bonds. The van der Waals surface area contributed by atoms with Crippen LogP contribution in [0.15, 0.2) is 42.6 Å². The lowest BCUT2D eigenvalue weighted by Gasteiger charge is -2.15. The average Bonchev–Trinajstić information content (AvgIpc) is 2.49. The van der Waals surface area contributed by atoms with Crippen molar-refractivity contribution < 1.29 is 4.79 Å². The molecule has 0 aliphatic heterocycles. The lowest BCUT2D eigenvalue weighted by Crippen LogP contribution is -2.30. The van der Waals surface area contributed by atoms with E-state index in [9.17, 15) is 4.79 Å². The number of nitrogens with zero attached hydrogens (tertiary/aromatic N) is 1. The van der Waals surface area contributed by atoms with Gasteiger partial charge in [0.25, 0.3) is 0 Å². The molecular weight excluding hydrogens is 262 g/mol. The van der Waals surface area contributed by atoms with Crippen molar-refractivity contribution in [2.45, 2.75) is 26.8 Å². The maximum atomic E-state index is 12.1. The molecule has 4 heteroatoms. The molecule has 0 saturated carbocycles. The summed E-state index contributed by atoms with van der Waals surface area (Å²) in [7, 11) is 0. The molecule has 0 spiro atoms. The molecule has 110 valence electrons. The third kappa shape index (κ3) is 4.13. The zero-order valence-electron chi connectivity index (χ0n) is 12.7. The highest BCUT2D eigenvalue weighted by Crippen LogP contribution is 2.19. The van der Waals surface area contributed by atoms with E-state index in [2.05, 4.69) is 15.6 Å². The van der Waals surface area contributed by atoms with Crippen molar-refractivity contribution in [1.29, 1.82) is 0 Å². The summed E-state index contributed by atoms with van der Waals surface area (Å²) in [6.07, 6.45) is 1.75. The summed E-state index contributed by atoms with van der Waals surface area (Å²) in [5.74, 6) is -0.0461. The van der Waals surface area contributed by atoms with E-state index in [0.29, 0.717) is 0 Å². The van der Waals surface area contributed by atoms with Gasteiger partial charge in [-0.3, -0.25) is 9.78 Å². The van der Waals surface area contributed by atoms with Crippen LogP contribution in [0.1, 0.15) is 29.8 Å². The van der Waals surface area contributed by atoms with Gasteiger partial charge in [0.2, 0.25) is 5.91 Å². The minimum atomic E-state index is -0.0461. The molecule has 1 atom stereocenters. The maximum Gasteiger partial charge on any atom is 0.238 e. The number of aryl methyl sites for hydroxylation is 2. The van der Waals surface area contributed by atoms with Gasteiger partial charge in [0.15, 0.2) is 0 Å². The fraction of sp³-hybridized carbons (Fsp3) is 0.294. The summed E-state index contributed by atoms with van der Waals surface area (Å²) >= 11 is 0. The largest absolute Gasteiger partial charge is 0.324 e. The van der Waals surface area contributed by atoms with Crippen LogP contribution in [0.2, 0.25) is 0 Å². The van der Waals surface area contributed by atoms with Crippen molar-refractivity contribution in [3.8, 4) is 0 Å². The van der Waals surface area contributed by atoms with E-state index >= 15 is 0 Å².